The molecule has 1 saturated carbocycles. The third kappa shape index (κ3) is 3.85. The molecule has 1 aliphatic heterocycles. The highest BCUT2D eigenvalue weighted by molar-refractivity contribution is 5.85. The molecule has 0 spiro atoms. The molecule has 2 fully saturated rings. The molecule has 0 aromatic rings. The fourth-order valence-corrected chi connectivity index (χ4v) is 3.15. The van der Waals surface area contributed by atoms with Crippen LogP contribution in [0.15, 0.2) is 0 Å². The van der Waals surface area contributed by atoms with Crippen molar-refractivity contribution in [3.05, 3.63) is 0 Å². The minimum atomic E-state index is 0. The second-order valence-electron chi connectivity index (χ2n) is 5.62. The summed E-state index contributed by atoms with van der Waals surface area (Å²) in [5.41, 5.74) is 5.83. The first kappa shape index (κ1) is 14.8. The van der Waals surface area contributed by atoms with E-state index < -0.39 is 0 Å². The molecule has 0 bridgehead atoms. The number of hydrogen-bond acceptors (Lipinski definition) is 2. The summed E-state index contributed by atoms with van der Waals surface area (Å²) in [5, 5.41) is 0. The van der Waals surface area contributed by atoms with Gasteiger partial charge in [0.1, 0.15) is 0 Å². The van der Waals surface area contributed by atoms with Crippen molar-refractivity contribution in [3.63, 3.8) is 0 Å². The number of carbonyl (C=O) groups is 1. The van der Waals surface area contributed by atoms with Crippen LogP contribution >= 0.6 is 12.4 Å². The molecular formula is C13H25ClN2O. The zero-order chi connectivity index (χ0) is 11.5. The molecule has 2 aliphatic rings. The molecule has 2 rings (SSSR count). The molecule has 17 heavy (non-hydrogen) atoms. The average molecular weight is 261 g/mol. The van der Waals surface area contributed by atoms with Crippen LogP contribution in [0.5, 0.6) is 0 Å². The van der Waals surface area contributed by atoms with E-state index in [1.807, 2.05) is 4.90 Å². The van der Waals surface area contributed by atoms with Crippen molar-refractivity contribution in [2.45, 2.75) is 51.5 Å². The van der Waals surface area contributed by atoms with Crippen molar-refractivity contribution in [1.29, 1.82) is 0 Å². The Morgan fingerprint density at radius 3 is 2.53 bits per heavy atom. The number of hydrogen-bond donors (Lipinski definition) is 1. The van der Waals surface area contributed by atoms with Gasteiger partial charge in [-0.15, -0.1) is 12.4 Å². The van der Waals surface area contributed by atoms with Crippen LogP contribution in [0.3, 0.4) is 0 Å². The lowest BCUT2D eigenvalue weighted by molar-refractivity contribution is -0.134. The first-order chi connectivity index (χ1) is 7.66. The SMILES string of the molecule is CC(CC1CCCC1)C(=O)N1CC[C@@H](N)C1.Cl. The largest absolute Gasteiger partial charge is 0.341 e. The minimum Gasteiger partial charge on any atom is -0.341 e. The Labute approximate surface area is 111 Å². The number of nitrogens with two attached hydrogens (primary N) is 1. The lowest BCUT2D eigenvalue weighted by Gasteiger charge is -2.22. The lowest BCUT2D eigenvalue weighted by atomic mass is 9.93. The van der Waals surface area contributed by atoms with Crippen molar-refractivity contribution in [2.24, 2.45) is 17.6 Å². The van der Waals surface area contributed by atoms with Gasteiger partial charge >= 0.3 is 0 Å². The quantitative estimate of drug-likeness (QED) is 0.846. The van der Waals surface area contributed by atoms with Crippen LogP contribution in [-0.4, -0.2) is 29.9 Å². The third-order valence-electron chi connectivity index (χ3n) is 4.12. The van der Waals surface area contributed by atoms with Crippen molar-refractivity contribution in [2.75, 3.05) is 13.1 Å². The van der Waals surface area contributed by atoms with Gasteiger partial charge in [-0.1, -0.05) is 32.6 Å². The van der Waals surface area contributed by atoms with Gasteiger partial charge in [-0.25, -0.2) is 0 Å². The molecular weight excluding hydrogens is 236 g/mol. The van der Waals surface area contributed by atoms with Crippen LogP contribution in [0.1, 0.15) is 45.4 Å². The van der Waals surface area contributed by atoms with E-state index in [0.717, 1.165) is 31.8 Å². The average Bonchev–Trinajstić information content (AvgIpc) is 2.88. The van der Waals surface area contributed by atoms with Gasteiger partial charge in [-0.2, -0.15) is 0 Å². The smallest absolute Gasteiger partial charge is 0.225 e. The molecule has 1 unspecified atom stereocenters. The number of likely N-dealkylation sites (tertiary alicyclic amines) is 1. The van der Waals surface area contributed by atoms with E-state index in [-0.39, 0.29) is 24.4 Å². The number of carbonyl (C=O) groups excluding carboxylic acids is 1. The molecule has 1 heterocycles. The fourth-order valence-electron chi connectivity index (χ4n) is 3.15. The normalized spacial score (nSPS) is 26.9. The van der Waals surface area contributed by atoms with Gasteiger partial charge in [0.2, 0.25) is 5.91 Å². The lowest BCUT2D eigenvalue weighted by Crippen LogP contribution is -2.36. The van der Waals surface area contributed by atoms with Gasteiger partial charge in [0.25, 0.3) is 0 Å². The molecule has 2 atom stereocenters. The van der Waals surface area contributed by atoms with Crippen molar-refractivity contribution in [1.82, 2.24) is 4.90 Å². The summed E-state index contributed by atoms with van der Waals surface area (Å²) in [6.07, 6.45) is 7.45. The van der Waals surface area contributed by atoms with E-state index in [4.69, 9.17) is 5.73 Å². The molecule has 100 valence electrons. The van der Waals surface area contributed by atoms with Crippen molar-refractivity contribution in [3.8, 4) is 0 Å². The summed E-state index contributed by atoms with van der Waals surface area (Å²) in [6.45, 7) is 3.73. The predicted octanol–water partition coefficient (Wildman–Crippen LogP) is 2.18. The monoisotopic (exact) mass is 260 g/mol. The van der Waals surface area contributed by atoms with Crippen LogP contribution in [0, 0.1) is 11.8 Å². The second kappa shape index (κ2) is 6.60. The van der Waals surface area contributed by atoms with Crippen LogP contribution in [0.25, 0.3) is 0 Å². The molecule has 0 radical (unpaired) electrons. The Balaban J connectivity index is 0.00000144. The van der Waals surface area contributed by atoms with Gasteiger partial charge in [0.05, 0.1) is 0 Å². The maximum atomic E-state index is 12.1. The van der Waals surface area contributed by atoms with Crippen LogP contribution in [0.4, 0.5) is 0 Å². The zero-order valence-electron chi connectivity index (χ0n) is 10.7. The van der Waals surface area contributed by atoms with E-state index in [1.165, 1.54) is 25.7 Å². The van der Waals surface area contributed by atoms with Gasteiger partial charge in [-0.3, -0.25) is 4.79 Å². The third-order valence-corrected chi connectivity index (χ3v) is 4.12. The molecule has 0 aromatic heterocycles. The highest BCUT2D eigenvalue weighted by Crippen LogP contribution is 2.31. The standard InChI is InChI=1S/C13H24N2O.ClH/c1-10(8-11-4-2-3-5-11)13(16)15-7-6-12(14)9-15;/h10-12H,2-9,14H2,1H3;1H/t10?,12-;/m1./s1. The van der Waals surface area contributed by atoms with Crippen LogP contribution < -0.4 is 5.73 Å². The first-order valence-electron chi connectivity index (χ1n) is 6.71. The number of rotatable bonds is 3. The van der Waals surface area contributed by atoms with Crippen molar-refractivity contribution < 1.29 is 4.79 Å². The summed E-state index contributed by atoms with van der Waals surface area (Å²) in [4.78, 5) is 14.1. The Morgan fingerprint density at radius 1 is 1.35 bits per heavy atom. The Morgan fingerprint density at radius 2 is 2.00 bits per heavy atom. The maximum absolute atomic E-state index is 12.1. The molecule has 4 heteroatoms. The van der Waals surface area contributed by atoms with Crippen LogP contribution in [0.2, 0.25) is 0 Å². The zero-order valence-corrected chi connectivity index (χ0v) is 11.5. The molecule has 1 saturated heterocycles. The van der Waals surface area contributed by atoms with E-state index in [0.29, 0.717) is 5.91 Å². The van der Waals surface area contributed by atoms with E-state index in [2.05, 4.69) is 6.92 Å². The van der Waals surface area contributed by atoms with E-state index >= 15 is 0 Å². The summed E-state index contributed by atoms with van der Waals surface area (Å²) in [5.74, 6) is 1.34. The number of halogens is 1. The molecule has 1 amide bonds. The van der Waals surface area contributed by atoms with Gasteiger partial charge in [0.15, 0.2) is 0 Å². The van der Waals surface area contributed by atoms with Crippen LogP contribution in [-0.2, 0) is 4.79 Å². The molecule has 1 aliphatic carbocycles. The summed E-state index contributed by atoms with van der Waals surface area (Å²) in [6, 6.07) is 0.211. The second-order valence-corrected chi connectivity index (χ2v) is 5.62. The van der Waals surface area contributed by atoms with Gasteiger partial charge in [-0.05, 0) is 18.8 Å². The highest BCUT2D eigenvalue weighted by Gasteiger charge is 2.29. The highest BCUT2D eigenvalue weighted by atomic mass is 35.5. The Bertz CT molecular complexity index is 254. The topological polar surface area (TPSA) is 46.3 Å². The number of amides is 1. The van der Waals surface area contributed by atoms with E-state index in [9.17, 15) is 4.79 Å². The van der Waals surface area contributed by atoms with Crippen molar-refractivity contribution >= 4 is 18.3 Å². The molecule has 0 aromatic carbocycles. The number of nitrogens with zero attached hydrogens (tertiary/aromatic N) is 1. The summed E-state index contributed by atoms with van der Waals surface area (Å²) in [7, 11) is 0. The Hall–Kier alpha value is -0.280. The Kier molecular flexibility index (Phi) is 5.74. The first-order valence-corrected chi connectivity index (χ1v) is 6.71. The summed E-state index contributed by atoms with van der Waals surface area (Å²) < 4.78 is 0. The molecule has 2 N–H and O–H groups in total. The summed E-state index contributed by atoms with van der Waals surface area (Å²) >= 11 is 0. The fraction of sp³-hybridized carbons (Fsp3) is 0.923. The van der Waals surface area contributed by atoms with Gasteiger partial charge in [0, 0.05) is 25.0 Å². The predicted molar refractivity (Wildman–Crippen MR) is 72.2 cm³/mol. The van der Waals surface area contributed by atoms with E-state index in [1.54, 1.807) is 0 Å². The minimum absolute atomic E-state index is 0. The van der Waals surface area contributed by atoms with Gasteiger partial charge < -0.3 is 10.6 Å². The molecule has 3 nitrogen and oxygen atoms in total. The maximum Gasteiger partial charge on any atom is 0.225 e.